The van der Waals surface area contributed by atoms with Crippen LogP contribution >= 0.6 is 11.6 Å². The predicted octanol–water partition coefficient (Wildman–Crippen LogP) is 5.05. The molecule has 0 unspecified atom stereocenters. The summed E-state index contributed by atoms with van der Waals surface area (Å²) < 4.78 is 1.65. The summed E-state index contributed by atoms with van der Waals surface area (Å²) in [7, 11) is 0. The van der Waals surface area contributed by atoms with Crippen LogP contribution in [0.25, 0.3) is 5.69 Å². The Bertz CT molecular complexity index is 884. The molecule has 1 heterocycles. The van der Waals surface area contributed by atoms with Gasteiger partial charge in [0.15, 0.2) is 0 Å². The van der Waals surface area contributed by atoms with E-state index >= 15 is 0 Å². The maximum Gasteiger partial charge on any atom is 0.245 e. The monoisotopic (exact) mass is 432 g/mol. The number of aromatic nitrogens is 2. The van der Waals surface area contributed by atoms with Gasteiger partial charge in [0, 0.05) is 24.4 Å². The number of carbonyl (C=O) groups is 2. The molecular formula is C23H33ClN4O2. The fourth-order valence-electron chi connectivity index (χ4n) is 3.04. The zero-order valence-electron chi connectivity index (χ0n) is 18.8. The van der Waals surface area contributed by atoms with Crippen LogP contribution in [0.15, 0.2) is 30.3 Å². The van der Waals surface area contributed by atoms with Gasteiger partial charge in [-0.05, 0) is 24.5 Å². The molecule has 0 aliphatic heterocycles. The standard InChI is InChI=1S/C23H33ClN4O2/c1-7-12-27(22(30)13-16(2)3)15-21(29)25-20-14-19(23(4,5)6)26-28(20)18-11-9-8-10-17(18)24/h8-11,14,16H,7,12-13,15H2,1-6H3,(H,25,29). The molecule has 2 aromatic rings. The number of anilines is 1. The summed E-state index contributed by atoms with van der Waals surface area (Å²) in [6, 6.07) is 9.23. The molecule has 0 aliphatic rings. The fourth-order valence-corrected chi connectivity index (χ4v) is 3.26. The first-order valence-corrected chi connectivity index (χ1v) is 10.8. The van der Waals surface area contributed by atoms with Crippen molar-refractivity contribution in [3.63, 3.8) is 0 Å². The SMILES string of the molecule is CCCN(CC(=O)Nc1cc(C(C)(C)C)nn1-c1ccccc1Cl)C(=O)CC(C)C. The summed E-state index contributed by atoms with van der Waals surface area (Å²) in [5, 5.41) is 8.17. The van der Waals surface area contributed by atoms with Gasteiger partial charge in [0.25, 0.3) is 0 Å². The van der Waals surface area contributed by atoms with Gasteiger partial charge in [-0.25, -0.2) is 4.68 Å². The summed E-state index contributed by atoms with van der Waals surface area (Å²) in [4.78, 5) is 27.0. The number of nitrogens with one attached hydrogen (secondary N) is 1. The molecule has 2 amide bonds. The van der Waals surface area contributed by atoms with Crippen molar-refractivity contribution in [3.8, 4) is 5.69 Å². The first-order valence-electron chi connectivity index (χ1n) is 10.5. The third-order valence-electron chi connectivity index (χ3n) is 4.59. The Hall–Kier alpha value is -2.34. The van der Waals surface area contributed by atoms with Crippen LogP contribution in [0.3, 0.4) is 0 Å². The highest BCUT2D eigenvalue weighted by Crippen LogP contribution is 2.29. The highest BCUT2D eigenvalue weighted by atomic mass is 35.5. The van der Waals surface area contributed by atoms with Crippen molar-refractivity contribution < 1.29 is 9.59 Å². The molecule has 0 fully saturated rings. The second kappa shape index (κ2) is 10.1. The van der Waals surface area contributed by atoms with Crippen LogP contribution in [0.4, 0.5) is 5.82 Å². The number of carbonyl (C=O) groups excluding carboxylic acids is 2. The molecule has 0 bridgehead atoms. The van der Waals surface area contributed by atoms with E-state index in [2.05, 4.69) is 26.1 Å². The quantitative estimate of drug-likeness (QED) is 0.634. The highest BCUT2D eigenvalue weighted by Gasteiger charge is 2.23. The molecule has 2 rings (SSSR count). The summed E-state index contributed by atoms with van der Waals surface area (Å²) in [5.74, 6) is 0.521. The minimum absolute atomic E-state index is 0.00279. The van der Waals surface area contributed by atoms with Crippen molar-refractivity contribution in [1.29, 1.82) is 0 Å². The summed E-state index contributed by atoms with van der Waals surface area (Å²) >= 11 is 6.38. The summed E-state index contributed by atoms with van der Waals surface area (Å²) in [6.07, 6.45) is 1.22. The van der Waals surface area contributed by atoms with Crippen molar-refractivity contribution in [2.75, 3.05) is 18.4 Å². The van der Waals surface area contributed by atoms with Crippen LogP contribution in [-0.4, -0.2) is 39.6 Å². The number of amides is 2. The molecule has 30 heavy (non-hydrogen) atoms. The van der Waals surface area contributed by atoms with E-state index in [4.69, 9.17) is 16.7 Å². The van der Waals surface area contributed by atoms with Crippen LogP contribution in [0.2, 0.25) is 5.02 Å². The number of para-hydroxylation sites is 1. The zero-order chi connectivity index (χ0) is 22.5. The highest BCUT2D eigenvalue weighted by molar-refractivity contribution is 6.32. The lowest BCUT2D eigenvalue weighted by Gasteiger charge is -2.22. The molecular weight excluding hydrogens is 400 g/mol. The van der Waals surface area contributed by atoms with Crippen molar-refractivity contribution in [3.05, 3.63) is 41.0 Å². The topological polar surface area (TPSA) is 67.2 Å². The van der Waals surface area contributed by atoms with E-state index < -0.39 is 0 Å². The third-order valence-corrected chi connectivity index (χ3v) is 4.91. The van der Waals surface area contributed by atoms with Crippen molar-refractivity contribution in [2.45, 2.75) is 59.8 Å². The first kappa shape index (κ1) is 23.9. The molecule has 0 atom stereocenters. The van der Waals surface area contributed by atoms with Crippen LogP contribution in [0.1, 0.15) is 60.1 Å². The number of hydrogen-bond donors (Lipinski definition) is 1. The van der Waals surface area contributed by atoms with E-state index in [0.29, 0.717) is 29.5 Å². The van der Waals surface area contributed by atoms with Gasteiger partial charge >= 0.3 is 0 Å². The lowest BCUT2D eigenvalue weighted by atomic mass is 9.92. The molecule has 1 aromatic heterocycles. The second-order valence-corrected chi connectivity index (χ2v) is 9.40. The van der Waals surface area contributed by atoms with Gasteiger partial charge in [-0.1, -0.05) is 65.3 Å². The van der Waals surface area contributed by atoms with E-state index in [0.717, 1.165) is 12.1 Å². The van der Waals surface area contributed by atoms with E-state index in [-0.39, 0.29) is 29.7 Å². The van der Waals surface area contributed by atoms with Crippen LogP contribution in [0, 0.1) is 5.92 Å². The molecule has 0 spiro atoms. The maximum absolute atomic E-state index is 12.8. The van der Waals surface area contributed by atoms with Crippen molar-refractivity contribution in [1.82, 2.24) is 14.7 Å². The molecule has 0 aliphatic carbocycles. The molecule has 1 aromatic carbocycles. The molecule has 164 valence electrons. The number of benzene rings is 1. The Labute approximate surface area is 184 Å². The van der Waals surface area contributed by atoms with Gasteiger partial charge in [0.2, 0.25) is 11.8 Å². The Morgan fingerprint density at radius 2 is 1.90 bits per heavy atom. The van der Waals surface area contributed by atoms with Crippen molar-refractivity contribution >= 4 is 29.2 Å². The normalized spacial score (nSPS) is 11.6. The van der Waals surface area contributed by atoms with Crippen LogP contribution in [-0.2, 0) is 15.0 Å². The lowest BCUT2D eigenvalue weighted by molar-refractivity contribution is -0.135. The van der Waals surface area contributed by atoms with Crippen LogP contribution < -0.4 is 5.32 Å². The molecule has 6 nitrogen and oxygen atoms in total. The Morgan fingerprint density at radius 1 is 1.23 bits per heavy atom. The van der Waals surface area contributed by atoms with Gasteiger partial charge in [0.05, 0.1) is 22.9 Å². The zero-order valence-corrected chi connectivity index (χ0v) is 19.6. The van der Waals surface area contributed by atoms with Crippen LogP contribution in [0.5, 0.6) is 0 Å². The van der Waals surface area contributed by atoms with Gasteiger partial charge in [-0.15, -0.1) is 0 Å². The molecule has 0 saturated carbocycles. The molecule has 7 heteroatoms. The summed E-state index contributed by atoms with van der Waals surface area (Å²) in [6.45, 7) is 12.7. The Kier molecular flexibility index (Phi) is 8.07. The second-order valence-electron chi connectivity index (χ2n) is 8.99. The largest absolute Gasteiger partial charge is 0.333 e. The summed E-state index contributed by atoms with van der Waals surface area (Å²) in [5.41, 5.74) is 1.32. The van der Waals surface area contributed by atoms with E-state index in [1.165, 1.54) is 0 Å². The van der Waals surface area contributed by atoms with Crippen molar-refractivity contribution in [2.24, 2.45) is 5.92 Å². The maximum atomic E-state index is 12.8. The Balaban J connectivity index is 2.30. The van der Waals surface area contributed by atoms with Gasteiger partial charge in [-0.3, -0.25) is 9.59 Å². The number of rotatable bonds is 8. The first-order chi connectivity index (χ1) is 14.0. The molecule has 0 radical (unpaired) electrons. The number of halogens is 1. The number of hydrogen-bond acceptors (Lipinski definition) is 3. The van der Waals surface area contributed by atoms with E-state index in [1.807, 2.05) is 45.0 Å². The smallest absolute Gasteiger partial charge is 0.245 e. The lowest BCUT2D eigenvalue weighted by Crippen LogP contribution is -2.39. The van der Waals surface area contributed by atoms with Gasteiger partial charge < -0.3 is 10.2 Å². The minimum Gasteiger partial charge on any atom is -0.333 e. The van der Waals surface area contributed by atoms with Gasteiger partial charge in [-0.2, -0.15) is 5.10 Å². The predicted molar refractivity (Wildman–Crippen MR) is 122 cm³/mol. The number of nitrogens with zero attached hydrogens (tertiary/aromatic N) is 3. The third kappa shape index (κ3) is 6.33. The average Bonchev–Trinajstić information content (AvgIpc) is 3.05. The minimum atomic E-state index is -0.255. The van der Waals surface area contributed by atoms with Gasteiger partial charge in [0.1, 0.15) is 5.82 Å². The van der Waals surface area contributed by atoms with E-state index in [1.54, 1.807) is 15.6 Å². The Morgan fingerprint density at radius 3 is 2.47 bits per heavy atom. The molecule has 1 N–H and O–H groups in total. The average molecular weight is 433 g/mol. The fraction of sp³-hybridized carbons (Fsp3) is 0.522. The van der Waals surface area contributed by atoms with E-state index in [9.17, 15) is 9.59 Å². The molecule has 0 saturated heterocycles.